The van der Waals surface area contributed by atoms with Crippen molar-refractivity contribution < 1.29 is 8.83 Å². The fraction of sp³-hybridized carbons (Fsp3) is 0. The molecule has 0 spiro atoms. The quantitative estimate of drug-likeness (QED) is 0.167. The molecule has 4 aromatic heterocycles. The number of benzene rings is 8. The predicted octanol–water partition coefficient (Wildman–Crippen LogP) is 12.7. The van der Waals surface area contributed by atoms with Gasteiger partial charge in [0.25, 0.3) is 0 Å². The average molecular weight is 759 g/mol. The molecule has 4 heterocycles. The highest BCUT2D eigenvalue weighted by Gasteiger charge is 2.18. The highest BCUT2D eigenvalue weighted by Crippen LogP contribution is 2.38. The summed E-state index contributed by atoms with van der Waals surface area (Å²) in [5.41, 5.74) is 10.8. The van der Waals surface area contributed by atoms with Gasteiger partial charge in [0.1, 0.15) is 11.0 Å². The predicted molar refractivity (Wildman–Crippen MR) is 234 cm³/mol. The molecule has 0 aliphatic heterocycles. The first-order valence-electron chi connectivity index (χ1n) is 19.4. The molecule has 0 N–H and O–H groups in total. The molecular formula is C51H30N6O2. The second kappa shape index (κ2) is 13.2. The summed E-state index contributed by atoms with van der Waals surface area (Å²) in [6, 6.07) is 61.6. The minimum atomic E-state index is 0.551. The van der Waals surface area contributed by atoms with Crippen LogP contribution in [-0.4, -0.2) is 29.5 Å². The standard InChI is InChI=1S/C51H30N6O2/c1-2-12-38(13-3-1)57-43-27-26-37(29-39(43)40-28-35-10-4-5-11-36(35)30-44(40)57)49-55-47(31-18-22-33(23-19-31)50-52-41-14-6-8-16-45(41)58-50)54-48(56-49)32-20-24-34(25-21-32)51-53-42-15-7-9-17-46(42)59-51/h1-30H. The van der Waals surface area contributed by atoms with Crippen molar-refractivity contribution in [1.82, 2.24) is 29.5 Å². The largest absolute Gasteiger partial charge is 0.436 e. The van der Waals surface area contributed by atoms with E-state index in [0.717, 1.165) is 77.5 Å². The number of hydrogen-bond acceptors (Lipinski definition) is 7. The molecule has 8 nitrogen and oxygen atoms in total. The van der Waals surface area contributed by atoms with E-state index in [4.69, 9.17) is 33.8 Å². The van der Waals surface area contributed by atoms with Crippen molar-refractivity contribution in [1.29, 1.82) is 0 Å². The second-order valence-electron chi connectivity index (χ2n) is 14.6. The Morgan fingerprint density at radius 2 is 0.797 bits per heavy atom. The SMILES string of the molecule is c1ccc(-n2c3ccc(-c4nc(-c5ccc(-c6nc7ccccc7o6)cc5)nc(-c5ccc(-c6nc7ccccc7o6)cc5)n4)cc3c3cc4ccccc4cc32)cc1. The third-order valence-electron chi connectivity index (χ3n) is 10.9. The smallest absolute Gasteiger partial charge is 0.227 e. The lowest BCUT2D eigenvalue weighted by Crippen LogP contribution is -2.00. The molecule has 0 atom stereocenters. The Hall–Kier alpha value is -8.23. The number of hydrogen-bond donors (Lipinski definition) is 0. The molecule has 0 saturated carbocycles. The van der Waals surface area contributed by atoms with E-state index in [1.54, 1.807) is 0 Å². The normalized spacial score (nSPS) is 11.7. The van der Waals surface area contributed by atoms with Crippen LogP contribution in [0.5, 0.6) is 0 Å². The lowest BCUT2D eigenvalue weighted by Gasteiger charge is -2.10. The van der Waals surface area contributed by atoms with Crippen molar-refractivity contribution in [2.45, 2.75) is 0 Å². The van der Waals surface area contributed by atoms with Crippen molar-refractivity contribution >= 4 is 54.8 Å². The first-order valence-corrected chi connectivity index (χ1v) is 19.4. The highest BCUT2D eigenvalue weighted by molar-refractivity contribution is 6.14. The third kappa shape index (κ3) is 5.65. The molecule has 0 radical (unpaired) electrons. The van der Waals surface area contributed by atoms with E-state index in [0.29, 0.717) is 29.3 Å². The third-order valence-corrected chi connectivity index (χ3v) is 10.9. The summed E-state index contributed by atoms with van der Waals surface area (Å²) >= 11 is 0. The Morgan fingerprint density at radius 3 is 1.37 bits per heavy atom. The molecule has 0 unspecified atom stereocenters. The number of oxazole rings is 2. The minimum absolute atomic E-state index is 0.551. The maximum Gasteiger partial charge on any atom is 0.227 e. The number of aromatic nitrogens is 6. The highest BCUT2D eigenvalue weighted by atomic mass is 16.4. The second-order valence-corrected chi connectivity index (χ2v) is 14.6. The first kappa shape index (κ1) is 33.0. The molecule has 0 bridgehead atoms. The Morgan fingerprint density at radius 1 is 0.339 bits per heavy atom. The zero-order chi connectivity index (χ0) is 38.9. The van der Waals surface area contributed by atoms with E-state index in [2.05, 4.69) is 83.4 Å². The van der Waals surface area contributed by atoms with Gasteiger partial charge in [-0.25, -0.2) is 24.9 Å². The van der Waals surface area contributed by atoms with Gasteiger partial charge in [-0.3, -0.25) is 0 Å². The molecule has 0 fully saturated rings. The Bertz CT molecular complexity index is 3350. The molecule has 0 amide bonds. The van der Waals surface area contributed by atoms with Crippen molar-refractivity contribution in [3.63, 3.8) is 0 Å². The van der Waals surface area contributed by atoms with Gasteiger partial charge in [0, 0.05) is 44.3 Å². The van der Waals surface area contributed by atoms with Crippen molar-refractivity contribution in [2.24, 2.45) is 0 Å². The van der Waals surface area contributed by atoms with Crippen LogP contribution in [0.3, 0.4) is 0 Å². The molecular weight excluding hydrogens is 729 g/mol. The van der Waals surface area contributed by atoms with Crippen LogP contribution in [0.4, 0.5) is 0 Å². The zero-order valence-corrected chi connectivity index (χ0v) is 31.3. The summed E-state index contributed by atoms with van der Waals surface area (Å²) < 4.78 is 14.5. The average Bonchev–Trinajstić information content (AvgIpc) is 4.02. The zero-order valence-electron chi connectivity index (χ0n) is 31.3. The summed E-state index contributed by atoms with van der Waals surface area (Å²) in [6.07, 6.45) is 0. The molecule has 276 valence electrons. The Labute approximate surface area is 336 Å². The lowest BCUT2D eigenvalue weighted by atomic mass is 10.0. The topological polar surface area (TPSA) is 95.7 Å². The lowest BCUT2D eigenvalue weighted by molar-refractivity contribution is 0.619. The fourth-order valence-electron chi connectivity index (χ4n) is 7.98. The van der Waals surface area contributed by atoms with Gasteiger partial charge in [0.15, 0.2) is 28.6 Å². The molecule has 8 aromatic carbocycles. The van der Waals surface area contributed by atoms with E-state index >= 15 is 0 Å². The number of para-hydroxylation sites is 5. The first-order chi connectivity index (χ1) is 29.2. The van der Waals surface area contributed by atoms with E-state index < -0.39 is 0 Å². The minimum Gasteiger partial charge on any atom is -0.436 e. The van der Waals surface area contributed by atoms with Crippen LogP contribution in [0.25, 0.3) is 118 Å². The molecule has 12 rings (SSSR count). The van der Waals surface area contributed by atoms with Gasteiger partial charge in [0.2, 0.25) is 11.8 Å². The Kier molecular flexibility index (Phi) is 7.36. The van der Waals surface area contributed by atoms with Crippen LogP contribution < -0.4 is 0 Å². The van der Waals surface area contributed by atoms with Crippen LogP contribution in [0.15, 0.2) is 191 Å². The molecule has 12 aromatic rings. The van der Waals surface area contributed by atoms with Crippen LogP contribution >= 0.6 is 0 Å². The maximum absolute atomic E-state index is 6.07. The van der Waals surface area contributed by atoms with Gasteiger partial charge in [-0.1, -0.05) is 91.0 Å². The number of rotatable bonds is 6. The number of nitrogens with zero attached hydrogens (tertiary/aromatic N) is 6. The van der Waals surface area contributed by atoms with Crippen molar-refractivity contribution in [3.05, 3.63) is 182 Å². The van der Waals surface area contributed by atoms with Gasteiger partial charge >= 0.3 is 0 Å². The van der Waals surface area contributed by atoms with Crippen LogP contribution in [-0.2, 0) is 0 Å². The molecule has 0 aliphatic rings. The fourth-order valence-corrected chi connectivity index (χ4v) is 7.98. The molecule has 0 saturated heterocycles. The van der Waals surface area contributed by atoms with Gasteiger partial charge < -0.3 is 13.4 Å². The van der Waals surface area contributed by atoms with Crippen LogP contribution in [0, 0.1) is 0 Å². The summed E-state index contributed by atoms with van der Waals surface area (Å²) in [6.45, 7) is 0. The van der Waals surface area contributed by atoms with Crippen LogP contribution in [0.2, 0.25) is 0 Å². The van der Waals surface area contributed by atoms with E-state index in [1.807, 2.05) is 103 Å². The monoisotopic (exact) mass is 758 g/mol. The van der Waals surface area contributed by atoms with Crippen molar-refractivity contribution in [3.8, 4) is 62.8 Å². The van der Waals surface area contributed by atoms with E-state index in [-0.39, 0.29) is 0 Å². The van der Waals surface area contributed by atoms with E-state index in [9.17, 15) is 0 Å². The van der Waals surface area contributed by atoms with E-state index in [1.165, 1.54) is 10.8 Å². The summed E-state index contributed by atoms with van der Waals surface area (Å²) in [5.74, 6) is 2.79. The summed E-state index contributed by atoms with van der Waals surface area (Å²) in [5, 5.41) is 4.64. The van der Waals surface area contributed by atoms with Gasteiger partial charge in [-0.2, -0.15) is 0 Å². The Balaban J connectivity index is 1.01. The number of fused-ring (bicyclic) bond motifs is 6. The molecule has 59 heavy (non-hydrogen) atoms. The molecule has 0 aliphatic carbocycles. The summed E-state index contributed by atoms with van der Waals surface area (Å²) in [7, 11) is 0. The van der Waals surface area contributed by atoms with Gasteiger partial charge in [-0.05, 0) is 102 Å². The summed E-state index contributed by atoms with van der Waals surface area (Å²) in [4.78, 5) is 24.7. The van der Waals surface area contributed by atoms with Crippen LogP contribution in [0.1, 0.15) is 0 Å². The maximum atomic E-state index is 6.07. The van der Waals surface area contributed by atoms with Gasteiger partial charge in [-0.15, -0.1) is 0 Å². The van der Waals surface area contributed by atoms with Gasteiger partial charge in [0.05, 0.1) is 11.0 Å². The molecule has 8 heteroatoms. The van der Waals surface area contributed by atoms with Crippen molar-refractivity contribution in [2.75, 3.05) is 0 Å².